The topological polar surface area (TPSA) is 12.0 Å². The van der Waals surface area contributed by atoms with Gasteiger partial charge in [0, 0.05) is 10.0 Å². The van der Waals surface area contributed by atoms with Crippen molar-refractivity contribution in [2.24, 2.45) is 0 Å². The zero-order valence-electron chi connectivity index (χ0n) is 11.5. The third-order valence-corrected chi connectivity index (χ3v) is 3.86. The van der Waals surface area contributed by atoms with Crippen molar-refractivity contribution in [2.45, 2.75) is 19.4 Å². The van der Waals surface area contributed by atoms with E-state index >= 15 is 0 Å². The summed E-state index contributed by atoms with van der Waals surface area (Å²) in [5.74, 6) is -1.48. The molecule has 1 N–H and O–H groups in total. The second-order valence-corrected chi connectivity index (χ2v) is 5.57. The fourth-order valence-corrected chi connectivity index (χ4v) is 2.62. The minimum atomic E-state index is -0.620. The van der Waals surface area contributed by atoms with Crippen LogP contribution in [0.3, 0.4) is 0 Å². The molecule has 0 bridgehead atoms. The number of hydrogen-bond acceptors (Lipinski definition) is 1. The highest BCUT2D eigenvalue weighted by atomic mass is 79.9. The molecule has 0 spiro atoms. The van der Waals surface area contributed by atoms with E-state index in [0.29, 0.717) is 16.6 Å². The summed E-state index contributed by atoms with van der Waals surface area (Å²) >= 11 is 3.34. The first-order valence-electron chi connectivity index (χ1n) is 6.66. The average molecular weight is 358 g/mol. The SMILES string of the molecule is CCCNC(c1cc(F)ccc1F)c1cc(F)ccc1Br. The van der Waals surface area contributed by atoms with Crippen LogP contribution in [0.5, 0.6) is 0 Å². The minimum absolute atomic E-state index is 0.162. The summed E-state index contributed by atoms with van der Waals surface area (Å²) in [5, 5.41) is 3.13. The standard InChI is InChI=1S/C16H15BrF3N/c1-2-7-21-16(12-8-10(18)3-5-14(12)17)13-9-11(19)4-6-15(13)20/h3-6,8-9,16,21H,2,7H2,1H3. The highest BCUT2D eigenvalue weighted by molar-refractivity contribution is 9.10. The van der Waals surface area contributed by atoms with Crippen molar-refractivity contribution in [1.82, 2.24) is 5.32 Å². The van der Waals surface area contributed by atoms with Crippen LogP contribution in [0.4, 0.5) is 13.2 Å². The van der Waals surface area contributed by atoms with Crippen LogP contribution in [-0.4, -0.2) is 6.54 Å². The minimum Gasteiger partial charge on any atom is -0.306 e. The van der Waals surface area contributed by atoms with E-state index in [-0.39, 0.29) is 5.56 Å². The van der Waals surface area contributed by atoms with Crippen molar-refractivity contribution in [3.63, 3.8) is 0 Å². The van der Waals surface area contributed by atoms with Gasteiger partial charge in [0.25, 0.3) is 0 Å². The molecule has 2 aromatic carbocycles. The van der Waals surface area contributed by atoms with Crippen LogP contribution in [-0.2, 0) is 0 Å². The van der Waals surface area contributed by atoms with Gasteiger partial charge in [-0.05, 0) is 54.9 Å². The van der Waals surface area contributed by atoms with Crippen LogP contribution in [0.15, 0.2) is 40.9 Å². The molecular weight excluding hydrogens is 343 g/mol. The highest BCUT2D eigenvalue weighted by Crippen LogP contribution is 2.31. The Kier molecular flexibility index (Phi) is 5.42. The number of hydrogen-bond donors (Lipinski definition) is 1. The van der Waals surface area contributed by atoms with E-state index < -0.39 is 23.5 Å². The Bertz CT molecular complexity index is 579. The van der Waals surface area contributed by atoms with E-state index in [1.165, 1.54) is 12.1 Å². The first-order valence-corrected chi connectivity index (χ1v) is 7.45. The second kappa shape index (κ2) is 7.09. The molecule has 0 saturated carbocycles. The molecule has 1 nitrogen and oxygen atoms in total. The number of rotatable bonds is 5. The number of nitrogens with one attached hydrogen (secondary N) is 1. The second-order valence-electron chi connectivity index (χ2n) is 4.72. The van der Waals surface area contributed by atoms with E-state index in [2.05, 4.69) is 21.2 Å². The molecule has 0 aliphatic carbocycles. The normalized spacial score (nSPS) is 12.4. The van der Waals surface area contributed by atoms with Gasteiger partial charge in [-0.1, -0.05) is 22.9 Å². The maximum atomic E-state index is 14.0. The Morgan fingerprint density at radius 3 is 2.29 bits per heavy atom. The van der Waals surface area contributed by atoms with Gasteiger partial charge in [0.15, 0.2) is 0 Å². The third kappa shape index (κ3) is 3.86. The van der Waals surface area contributed by atoms with Crippen LogP contribution in [0.25, 0.3) is 0 Å². The van der Waals surface area contributed by atoms with E-state index in [9.17, 15) is 13.2 Å². The maximum absolute atomic E-state index is 14.0. The summed E-state index contributed by atoms with van der Waals surface area (Å²) in [7, 11) is 0. The summed E-state index contributed by atoms with van der Waals surface area (Å²) in [6.07, 6.45) is 0.820. The van der Waals surface area contributed by atoms with Gasteiger partial charge in [0.05, 0.1) is 6.04 Å². The van der Waals surface area contributed by atoms with Gasteiger partial charge in [0.2, 0.25) is 0 Å². The molecular formula is C16H15BrF3N. The van der Waals surface area contributed by atoms with Crippen LogP contribution < -0.4 is 5.32 Å². The van der Waals surface area contributed by atoms with Crippen molar-refractivity contribution in [2.75, 3.05) is 6.54 Å². The Morgan fingerprint density at radius 1 is 1.00 bits per heavy atom. The molecule has 0 radical (unpaired) electrons. The van der Waals surface area contributed by atoms with Gasteiger partial charge >= 0.3 is 0 Å². The Balaban J connectivity index is 2.52. The van der Waals surface area contributed by atoms with Crippen LogP contribution in [0.1, 0.15) is 30.5 Å². The molecule has 0 heterocycles. The third-order valence-electron chi connectivity index (χ3n) is 3.14. The summed E-state index contributed by atoms with van der Waals surface area (Å²) in [6.45, 7) is 2.57. The quantitative estimate of drug-likeness (QED) is 0.797. The summed E-state index contributed by atoms with van der Waals surface area (Å²) in [6, 6.07) is 6.86. The van der Waals surface area contributed by atoms with Crippen molar-refractivity contribution in [3.8, 4) is 0 Å². The zero-order chi connectivity index (χ0) is 15.4. The van der Waals surface area contributed by atoms with E-state index in [0.717, 1.165) is 24.6 Å². The molecule has 0 aliphatic heterocycles. The summed E-state index contributed by atoms with van der Waals surface area (Å²) in [5.41, 5.74) is 0.697. The van der Waals surface area contributed by atoms with Gasteiger partial charge in [-0.25, -0.2) is 13.2 Å². The molecule has 0 saturated heterocycles. The smallest absolute Gasteiger partial charge is 0.128 e. The van der Waals surface area contributed by atoms with Crippen molar-refractivity contribution in [1.29, 1.82) is 0 Å². The molecule has 0 fully saturated rings. The monoisotopic (exact) mass is 357 g/mol. The lowest BCUT2D eigenvalue weighted by atomic mass is 9.97. The molecule has 2 rings (SSSR count). The van der Waals surface area contributed by atoms with Gasteiger partial charge in [-0.15, -0.1) is 0 Å². The molecule has 0 amide bonds. The van der Waals surface area contributed by atoms with Gasteiger partial charge in [-0.3, -0.25) is 0 Å². The average Bonchev–Trinajstić information content (AvgIpc) is 2.46. The largest absolute Gasteiger partial charge is 0.306 e. The number of halogens is 4. The molecule has 5 heteroatoms. The van der Waals surface area contributed by atoms with Crippen LogP contribution in [0, 0.1) is 17.5 Å². The summed E-state index contributed by atoms with van der Waals surface area (Å²) < 4.78 is 41.6. The Hall–Kier alpha value is -1.33. The molecule has 112 valence electrons. The predicted molar refractivity (Wildman–Crippen MR) is 80.6 cm³/mol. The van der Waals surface area contributed by atoms with Crippen LogP contribution >= 0.6 is 15.9 Å². The molecule has 21 heavy (non-hydrogen) atoms. The first kappa shape index (κ1) is 16.0. The summed E-state index contributed by atoms with van der Waals surface area (Å²) in [4.78, 5) is 0. The van der Waals surface area contributed by atoms with Crippen molar-refractivity contribution < 1.29 is 13.2 Å². The van der Waals surface area contributed by atoms with Crippen LogP contribution in [0.2, 0.25) is 0 Å². The maximum Gasteiger partial charge on any atom is 0.128 e. The molecule has 1 atom stereocenters. The predicted octanol–water partition coefficient (Wildman–Crippen LogP) is 4.96. The van der Waals surface area contributed by atoms with Gasteiger partial charge in [-0.2, -0.15) is 0 Å². The Morgan fingerprint density at radius 2 is 1.62 bits per heavy atom. The fraction of sp³-hybridized carbons (Fsp3) is 0.250. The Labute approximate surface area is 130 Å². The highest BCUT2D eigenvalue weighted by Gasteiger charge is 2.21. The number of benzene rings is 2. The van der Waals surface area contributed by atoms with E-state index in [4.69, 9.17) is 0 Å². The fourth-order valence-electron chi connectivity index (χ4n) is 2.15. The van der Waals surface area contributed by atoms with E-state index in [1.54, 1.807) is 6.07 Å². The van der Waals surface area contributed by atoms with Crippen molar-refractivity contribution >= 4 is 15.9 Å². The molecule has 1 unspecified atom stereocenters. The molecule has 0 aromatic heterocycles. The lowest BCUT2D eigenvalue weighted by Gasteiger charge is -2.21. The van der Waals surface area contributed by atoms with Crippen molar-refractivity contribution in [3.05, 3.63) is 69.4 Å². The van der Waals surface area contributed by atoms with Gasteiger partial charge in [0.1, 0.15) is 17.5 Å². The zero-order valence-corrected chi connectivity index (χ0v) is 13.1. The molecule has 0 aliphatic rings. The molecule has 2 aromatic rings. The van der Waals surface area contributed by atoms with E-state index in [1.807, 2.05) is 6.92 Å². The first-order chi connectivity index (χ1) is 10.0. The lowest BCUT2D eigenvalue weighted by molar-refractivity contribution is 0.531. The van der Waals surface area contributed by atoms with Gasteiger partial charge < -0.3 is 5.32 Å². The lowest BCUT2D eigenvalue weighted by Crippen LogP contribution is -2.24.